The summed E-state index contributed by atoms with van der Waals surface area (Å²) >= 11 is 8.07. The number of fused-ring (bicyclic) bond motifs is 3. The van der Waals surface area contributed by atoms with Crippen LogP contribution in [0.2, 0.25) is 0 Å². The fourth-order valence-electron chi connectivity index (χ4n) is 4.44. The van der Waals surface area contributed by atoms with E-state index >= 15 is 0 Å². The van der Waals surface area contributed by atoms with Gasteiger partial charge in [0.25, 0.3) is 5.69 Å². The number of carboxylic acid groups (broad SMARTS) is 2. The number of anilines is 1. The summed E-state index contributed by atoms with van der Waals surface area (Å²) in [6, 6.07) is 10.2. The lowest BCUT2D eigenvalue weighted by Gasteiger charge is -2.36. The largest absolute Gasteiger partial charge is 0.480 e. The van der Waals surface area contributed by atoms with Crippen molar-refractivity contribution < 1.29 is 24.7 Å². The molecule has 0 bridgehead atoms. The van der Waals surface area contributed by atoms with E-state index in [1.54, 1.807) is 30.3 Å². The van der Waals surface area contributed by atoms with Crippen molar-refractivity contribution in [3.63, 3.8) is 0 Å². The molecular formula is C20H17ClN2O6S. The minimum atomic E-state index is -1.16. The van der Waals surface area contributed by atoms with Gasteiger partial charge in [0, 0.05) is 17.2 Å². The van der Waals surface area contributed by atoms with Crippen LogP contribution in [0.15, 0.2) is 47.4 Å². The zero-order valence-electron chi connectivity index (χ0n) is 15.4. The van der Waals surface area contributed by atoms with Gasteiger partial charge in [-0.1, -0.05) is 24.3 Å². The maximum Gasteiger partial charge on any atom is 0.337 e. The summed E-state index contributed by atoms with van der Waals surface area (Å²) in [5, 5.41) is 32.7. The molecule has 0 aromatic heterocycles. The number of benzene rings is 2. The third kappa shape index (κ3) is 3.37. The molecule has 10 heteroatoms. The van der Waals surface area contributed by atoms with Gasteiger partial charge in [-0.05, 0) is 30.0 Å². The number of aromatic carboxylic acids is 1. The van der Waals surface area contributed by atoms with Crippen molar-refractivity contribution >= 4 is 46.7 Å². The van der Waals surface area contributed by atoms with Crippen LogP contribution in [-0.2, 0) is 4.79 Å². The Morgan fingerprint density at radius 2 is 1.90 bits per heavy atom. The molecule has 30 heavy (non-hydrogen) atoms. The van der Waals surface area contributed by atoms with Gasteiger partial charge >= 0.3 is 11.9 Å². The van der Waals surface area contributed by atoms with Gasteiger partial charge in [-0.3, -0.25) is 10.1 Å². The molecule has 156 valence electrons. The second kappa shape index (κ2) is 7.81. The highest BCUT2D eigenvalue weighted by molar-refractivity contribution is 8.00. The molecule has 1 aliphatic carbocycles. The van der Waals surface area contributed by atoms with Gasteiger partial charge in [0.15, 0.2) is 0 Å². The Morgan fingerprint density at radius 3 is 2.57 bits per heavy atom. The average molecular weight is 449 g/mol. The number of hydrogen-bond acceptors (Lipinski definition) is 6. The molecule has 5 atom stereocenters. The Labute approximate surface area is 180 Å². The number of nitro groups is 1. The zero-order valence-corrected chi connectivity index (χ0v) is 17.0. The first-order chi connectivity index (χ1) is 14.3. The average Bonchev–Trinajstić information content (AvgIpc) is 3.03. The molecule has 0 unspecified atom stereocenters. The number of rotatable bonds is 5. The molecule has 0 amide bonds. The molecule has 3 N–H and O–H groups in total. The predicted octanol–water partition coefficient (Wildman–Crippen LogP) is 4.04. The Morgan fingerprint density at radius 1 is 1.17 bits per heavy atom. The monoisotopic (exact) mass is 448 g/mol. The number of carbonyl (C=O) groups is 2. The van der Waals surface area contributed by atoms with E-state index in [-0.39, 0.29) is 34.0 Å². The topological polar surface area (TPSA) is 130 Å². The molecule has 1 heterocycles. The molecule has 1 aliphatic heterocycles. The lowest BCUT2D eigenvalue weighted by molar-refractivity contribution is -0.387. The van der Waals surface area contributed by atoms with Crippen LogP contribution in [-0.4, -0.2) is 43.7 Å². The third-order valence-electron chi connectivity index (χ3n) is 5.68. The van der Waals surface area contributed by atoms with Crippen LogP contribution in [0.1, 0.15) is 28.3 Å². The summed E-state index contributed by atoms with van der Waals surface area (Å²) in [5.74, 6) is -3.00. The van der Waals surface area contributed by atoms with E-state index in [1.165, 1.54) is 23.9 Å². The number of aliphatic carboxylic acids is 1. The second-order valence-corrected chi connectivity index (χ2v) is 9.07. The maximum atomic E-state index is 12.0. The van der Waals surface area contributed by atoms with Crippen molar-refractivity contribution in [3.05, 3.63) is 63.7 Å². The molecule has 2 aliphatic rings. The van der Waals surface area contributed by atoms with Gasteiger partial charge in [-0.2, -0.15) is 0 Å². The number of nitrogens with zero attached hydrogens (tertiary/aromatic N) is 1. The number of hydrogen-bond donors (Lipinski definition) is 3. The summed E-state index contributed by atoms with van der Waals surface area (Å²) in [6.45, 7) is 0. The molecular weight excluding hydrogens is 432 g/mol. The maximum absolute atomic E-state index is 12.0. The van der Waals surface area contributed by atoms with Crippen molar-refractivity contribution in [1.29, 1.82) is 0 Å². The molecule has 4 rings (SSSR count). The van der Waals surface area contributed by atoms with Crippen LogP contribution in [0.25, 0.3) is 0 Å². The Balaban J connectivity index is 1.73. The molecule has 1 saturated carbocycles. The zero-order chi connectivity index (χ0) is 21.6. The summed E-state index contributed by atoms with van der Waals surface area (Å²) in [7, 11) is 0. The Kier molecular flexibility index (Phi) is 5.33. The van der Waals surface area contributed by atoms with Gasteiger partial charge in [0.05, 0.1) is 26.4 Å². The highest BCUT2D eigenvalue weighted by atomic mass is 35.5. The van der Waals surface area contributed by atoms with Crippen LogP contribution in [0.4, 0.5) is 11.4 Å². The summed E-state index contributed by atoms with van der Waals surface area (Å²) in [5.41, 5.74) is 0.919. The van der Waals surface area contributed by atoms with Gasteiger partial charge < -0.3 is 15.5 Å². The Bertz CT molecular complexity index is 1050. The van der Waals surface area contributed by atoms with E-state index < -0.39 is 28.3 Å². The number of halogens is 1. The molecule has 2 aromatic rings. The fourth-order valence-corrected chi connectivity index (χ4v) is 6.38. The van der Waals surface area contributed by atoms with E-state index in [2.05, 4.69) is 5.32 Å². The van der Waals surface area contributed by atoms with Crippen LogP contribution in [0.5, 0.6) is 0 Å². The van der Waals surface area contributed by atoms with Gasteiger partial charge in [-0.25, -0.2) is 9.59 Å². The number of para-hydroxylation sites is 2. The fraction of sp³-hybridized carbons (Fsp3) is 0.300. The van der Waals surface area contributed by atoms with E-state index in [9.17, 15) is 29.9 Å². The smallest absolute Gasteiger partial charge is 0.337 e. The van der Waals surface area contributed by atoms with Crippen LogP contribution in [0.3, 0.4) is 0 Å². The van der Waals surface area contributed by atoms with Crippen LogP contribution in [0, 0.1) is 16.0 Å². The molecule has 2 aromatic carbocycles. The molecule has 1 fully saturated rings. The third-order valence-corrected chi connectivity index (χ3v) is 7.80. The summed E-state index contributed by atoms with van der Waals surface area (Å²) in [6.07, 6.45) is 0.427. The SMILES string of the molecule is O=C(O)c1cccc2c1N[C@H](C(=O)O)[C@@H]1C[C@H](Sc3ccccc3[N+](=O)[O-])[C@@H](Cl)[C@@H]21. The van der Waals surface area contributed by atoms with Crippen molar-refractivity contribution in [3.8, 4) is 0 Å². The first-order valence-corrected chi connectivity index (χ1v) is 10.5. The van der Waals surface area contributed by atoms with E-state index in [1.807, 2.05) is 0 Å². The second-order valence-electron chi connectivity index (χ2n) is 7.29. The van der Waals surface area contributed by atoms with Gasteiger partial charge in [0.1, 0.15) is 6.04 Å². The first kappa shape index (κ1) is 20.5. The molecule has 0 saturated heterocycles. The van der Waals surface area contributed by atoms with Crippen molar-refractivity contribution in [2.75, 3.05) is 5.32 Å². The normalized spacial score (nSPS) is 26.9. The molecule has 0 radical (unpaired) electrons. The number of alkyl halides is 1. The number of nitrogens with one attached hydrogen (secondary N) is 1. The molecule has 8 nitrogen and oxygen atoms in total. The lowest BCUT2D eigenvalue weighted by Crippen LogP contribution is -2.43. The van der Waals surface area contributed by atoms with E-state index in [4.69, 9.17) is 11.6 Å². The highest BCUT2D eigenvalue weighted by Crippen LogP contribution is 2.55. The molecule has 0 spiro atoms. The minimum Gasteiger partial charge on any atom is -0.480 e. The Hall–Kier alpha value is -2.78. The first-order valence-electron chi connectivity index (χ1n) is 9.19. The predicted molar refractivity (Wildman–Crippen MR) is 112 cm³/mol. The lowest BCUT2D eigenvalue weighted by atomic mass is 9.78. The minimum absolute atomic E-state index is 0.00383. The number of nitro benzene ring substituents is 1. The van der Waals surface area contributed by atoms with Crippen LogP contribution >= 0.6 is 23.4 Å². The quantitative estimate of drug-likeness (QED) is 0.355. The standard InChI is InChI=1S/C20H17ClN2O6S/c21-16-14(30-13-7-2-1-6-12(13)23(28)29)8-11-15(16)9-4-3-5-10(19(24)25)17(9)22-18(11)20(26)27/h1-7,11,14-16,18,22H,8H2,(H,24,25)(H,26,27)/t11-,14+,15+,16-,18+/m1/s1. The van der Waals surface area contributed by atoms with Crippen molar-refractivity contribution in [2.24, 2.45) is 5.92 Å². The van der Waals surface area contributed by atoms with Crippen LogP contribution < -0.4 is 5.32 Å². The van der Waals surface area contributed by atoms with Crippen molar-refractivity contribution in [1.82, 2.24) is 0 Å². The number of thioether (sulfide) groups is 1. The van der Waals surface area contributed by atoms with Gasteiger partial charge in [-0.15, -0.1) is 23.4 Å². The van der Waals surface area contributed by atoms with Gasteiger partial charge in [0.2, 0.25) is 0 Å². The highest BCUT2D eigenvalue weighted by Gasteiger charge is 2.52. The van der Waals surface area contributed by atoms with Crippen molar-refractivity contribution in [2.45, 2.75) is 33.9 Å². The number of carboxylic acids is 2. The summed E-state index contributed by atoms with van der Waals surface area (Å²) < 4.78 is 0. The van der Waals surface area contributed by atoms with E-state index in [0.29, 0.717) is 16.9 Å². The van der Waals surface area contributed by atoms with E-state index in [0.717, 1.165) is 0 Å². The summed E-state index contributed by atoms with van der Waals surface area (Å²) in [4.78, 5) is 35.0.